The molecule has 3 rings (SSSR count). The molecule has 3 aromatic rings. The Bertz CT molecular complexity index is 1080. The molecule has 28 heavy (non-hydrogen) atoms. The number of anilines is 3. The topological polar surface area (TPSA) is 156 Å². The Labute approximate surface area is 161 Å². The summed E-state index contributed by atoms with van der Waals surface area (Å²) in [4.78, 5) is 20.0. The van der Waals surface area contributed by atoms with Crippen LogP contribution in [-0.2, 0) is 10.0 Å². The smallest absolute Gasteiger partial charge is 0.254 e. The third-order valence-electron chi connectivity index (χ3n) is 3.88. The molecule has 0 saturated carbocycles. The van der Waals surface area contributed by atoms with Crippen LogP contribution < -0.4 is 15.8 Å². The molecule has 0 fully saturated rings. The average molecular weight is 401 g/mol. The fourth-order valence-electron chi connectivity index (χ4n) is 2.35. The van der Waals surface area contributed by atoms with Gasteiger partial charge >= 0.3 is 0 Å². The Morgan fingerprint density at radius 3 is 2.46 bits per heavy atom. The van der Waals surface area contributed by atoms with E-state index in [-0.39, 0.29) is 11.4 Å². The van der Waals surface area contributed by atoms with E-state index < -0.39 is 21.2 Å². The minimum atomic E-state index is -3.45. The Balaban J connectivity index is 1.90. The zero-order valence-electron chi connectivity index (χ0n) is 15.2. The summed E-state index contributed by atoms with van der Waals surface area (Å²) in [5.74, 6) is -0.0613. The van der Waals surface area contributed by atoms with E-state index in [1.54, 1.807) is 38.1 Å². The highest BCUT2D eigenvalue weighted by Gasteiger charge is 2.21. The molecule has 1 amide bonds. The molecule has 11 heteroatoms. The summed E-state index contributed by atoms with van der Waals surface area (Å²) in [6.45, 7) is 3.18. The molecule has 0 aliphatic heterocycles. The van der Waals surface area contributed by atoms with Gasteiger partial charge in [-0.1, -0.05) is 12.1 Å². The average Bonchev–Trinajstić information content (AvgIpc) is 3.06. The minimum Gasteiger partial charge on any atom is -0.365 e. The highest BCUT2D eigenvalue weighted by atomic mass is 32.2. The number of aromatic nitrogens is 4. The van der Waals surface area contributed by atoms with Crippen molar-refractivity contribution in [3.8, 4) is 11.3 Å². The van der Waals surface area contributed by atoms with Crippen LogP contribution in [0, 0.1) is 0 Å². The van der Waals surface area contributed by atoms with Gasteiger partial charge in [-0.2, -0.15) is 5.10 Å². The Morgan fingerprint density at radius 2 is 1.89 bits per heavy atom. The summed E-state index contributed by atoms with van der Waals surface area (Å²) >= 11 is 0. The molecule has 0 bridgehead atoms. The summed E-state index contributed by atoms with van der Waals surface area (Å²) in [6, 6.07) is 6.50. The lowest BCUT2D eigenvalue weighted by Gasteiger charge is -2.11. The molecule has 0 unspecified atom stereocenters. The fraction of sp³-hybridized carbons (Fsp3) is 0.176. The second-order valence-corrected chi connectivity index (χ2v) is 8.41. The number of primary amides is 1. The number of rotatable bonds is 7. The van der Waals surface area contributed by atoms with Gasteiger partial charge in [0.25, 0.3) is 5.91 Å². The third-order valence-corrected chi connectivity index (χ3v) is 5.64. The number of sulfonamides is 1. The summed E-state index contributed by atoms with van der Waals surface area (Å²) in [7, 11) is -3.45. The van der Waals surface area contributed by atoms with Crippen LogP contribution in [0.5, 0.6) is 0 Å². The Morgan fingerprint density at radius 1 is 1.18 bits per heavy atom. The number of aromatic amines is 1. The van der Waals surface area contributed by atoms with Gasteiger partial charge < -0.3 is 11.1 Å². The highest BCUT2D eigenvalue weighted by molar-refractivity contribution is 7.93. The molecule has 0 atom stereocenters. The number of hydrogen-bond donors (Lipinski definition) is 4. The van der Waals surface area contributed by atoms with Gasteiger partial charge in [-0.3, -0.25) is 19.6 Å². The quantitative estimate of drug-likeness (QED) is 0.471. The first kappa shape index (κ1) is 19.3. The molecular formula is C17H19N7O3S. The zero-order valence-corrected chi connectivity index (χ0v) is 16.0. The first-order valence-electron chi connectivity index (χ1n) is 8.31. The molecule has 0 spiro atoms. The maximum atomic E-state index is 12.0. The first-order valence-corrected chi connectivity index (χ1v) is 9.86. The van der Waals surface area contributed by atoms with Gasteiger partial charge in [-0.25, -0.2) is 13.4 Å². The van der Waals surface area contributed by atoms with Gasteiger partial charge in [0.2, 0.25) is 10.0 Å². The number of carbonyl (C=O) groups excluding carboxylic acids is 1. The van der Waals surface area contributed by atoms with Gasteiger partial charge in [0.1, 0.15) is 11.4 Å². The van der Waals surface area contributed by atoms with E-state index in [1.807, 2.05) is 0 Å². The van der Waals surface area contributed by atoms with Crippen molar-refractivity contribution < 1.29 is 13.2 Å². The predicted octanol–water partition coefficient (Wildman–Crippen LogP) is 1.86. The van der Waals surface area contributed by atoms with E-state index in [9.17, 15) is 13.2 Å². The molecule has 5 N–H and O–H groups in total. The molecule has 0 saturated heterocycles. The number of H-pyrrole nitrogens is 1. The van der Waals surface area contributed by atoms with E-state index in [1.165, 1.54) is 18.6 Å². The molecule has 0 aliphatic carbocycles. The number of amides is 1. The lowest BCUT2D eigenvalue weighted by molar-refractivity contribution is 0.100. The van der Waals surface area contributed by atoms with E-state index in [2.05, 4.69) is 30.2 Å². The van der Waals surface area contributed by atoms with Crippen molar-refractivity contribution in [2.24, 2.45) is 5.73 Å². The number of nitrogens with two attached hydrogens (primary N) is 1. The third kappa shape index (κ3) is 4.09. The summed E-state index contributed by atoms with van der Waals surface area (Å²) < 4.78 is 26.4. The number of nitrogens with one attached hydrogen (secondary N) is 3. The fourth-order valence-corrected chi connectivity index (χ4v) is 3.05. The SMILES string of the molecule is CC(C)S(=O)(=O)Nc1ccc(-c2[nH]nc(Nc3cnccn3)c2C(N)=O)cc1. The molecule has 146 valence electrons. The van der Waals surface area contributed by atoms with Gasteiger partial charge in [0.05, 0.1) is 17.1 Å². The second-order valence-electron chi connectivity index (χ2n) is 6.18. The lowest BCUT2D eigenvalue weighted by Crippen LogP contribution is -2.22. The summed E-state index contributed by atoms with van der Waals surface area (Å²) in [5.41, 5.74) is 7.11. The second kappa shape index (κ2) is 7.64. The number of benzene rings is 1. The van der Waals surface area contributed by atoms with Crippen LogP contribution in [0.3, 0.4) is 0 Å². The molecule has 0 aliphatic rings. The van der Waals surface area contributed by atoms with Crippen LogP contribution in [0.2, 0.25) is 0 Å². The van der Waals surface area contributed by atoms with Crippen molar-refractivity contribution in [3.05, 3.63) is 48.4 Å². The monoisotopic (exact) mass is 401 g/mol. The maximum Gasteiger partial charge on any atom is 0.254 e. The minimum absolute atomic E-state index is 0.154. The maximum absolute atomic E-state index is 12.0. The van der Waals surface area contributed by atoms with E-state index in [0.717, 1.165) is 0 Å². The van der Waals surface area contributed by atoms with Crippen LogP contribution in [-0.4, -0.2) is 39.7 Å². The van der Waals surface area contributed by atoms with E-state index in [0.29, 0.717) is 22.8 Å². The standard InChI is InChI=1S/C17H19N7O3S/c1-10(2)28(26,27)24-12-5-3-11(4-6-12)15-14(16(18)25)17(23-22-15)21-13-9-19-7-8-20-13/h3-10,24H,1-2H3,(H2,18,25)(H2,20,21,22,23). The van der Waals surface area contributed by atoms with Crippen molar-refractivity contribution >= 4 is 33.3 Å². The van der Waals surface area contributed by atoms with Crippen LogP contribution in [0.25, 0.3) is 11.3 Å². The number of hydrogen-bond acceptors (Lipinski definition) is 7. The van der Waals surface area contributed by atoms with Crippen LogP contribution in [0.1, 0.15) is 24.2 Å². The van der Waals surface area contributed by atoms with Gasteiger partial charge in [-0.15, -0.1) is 0 Å². The Kier molecular flexibility index (Phi) is 5.27. The first-order chi connectivity index (χ1) is 13.3. The van der Waals surface area contributed by atoms with Gasteiger partial charge in [-0.05, 0) is 26.0 Å². The molecule has 0 radical (unpaired) electrons. The van der Waals surface area contributed by atoms with E-state index >= 15 is 0 Å². The van der Waals surface area contributed by atoms with Crippen LogP contribution >= 0.6 is 0 Å². The normalized spacial score (nSPS) is 11.4. The van der Waals surface area contributed by atoms with Crippen molar-refractivity contribution in [2.45, 2.75) is 19.1 Å². The highest BCUT2D eigenvalue weighted by Crippen LogP contribution is 2.29. The Hall–Kier alpha value is -3.47. The molecule has 2 heterocycles. The largest absolute Gasteiger partial charge is 0.365 e. The van der Waals surface area contributed by atoms with Crippen LogP contribution in [0.15, 0.2) is 42.9 Å². The summed E-state index contributed by atoms with van der Waals surface area (Å²) in [5, 5.41) is 9.21. The van der Waals surface area contributed by atoms with Gasteiger partial charge in [0, 0.05) is 23.6 Å². The molecular weight excluding hydrogens is 382 g/mol. The number of carbonyl (C=O) groups is 1. The van der Waals surface area contributed by atoms with Crippen molar-refractivity contribution in [3.63, 3.8) is 0 Å². The lowest BCUT2D eigenvalue weighted by atomic mass is 10.1. The van der Waals surface area contributed by atoms with Crippen LogP contribution in [0.4, 0.5) is 17.3 Å². The zero-order chi connectivity index (χ0) is 20.3. The molecule has 10 nitrogen and oxygen atoms in total. The van der Waals surface area contributed by atoms with Crippen molar-refractivity contribution in [1.29, 1.82) is 0 Å². The van der Waals surface area contributed by atoms with Crippen molar-refractivity contribution in [2.75, 3.05) is 10.0 Å². The summed E-state index contributed by atoms with van der Waals surface area (Å²) in [6.07, 6.45) is 4.50. The predicted molar refractivity (Wildman–Crippen MR) is 106 cm³/mol. The number of nitrogens with zero attached hydrogens (tertiary/aromatic N) is 3. The van der Waals surface area contributed by atoms with E-state index in [4.69, 9.17) is 5.73 Å². The molecule has 1 aromatic carbocycles. The molecule has 2 aromatic heterocycles. The van der Waals surface area contributed by atoms with Gasteiger partial charge in [0.15, 0.2) is 5.82 Å². The van der Waals surface area contributed by atoms with Crippen molar-refractivity contribution in [1.82, 2.24) is 20.2 Å².